The third kappa shape index (κ3) is 3.47. The summed E-state index contributed by atoms with van der Waals surface area (Å²) in [6, 6.07) is -0.367. The van der Waals surface area contributed by atoms with Crippen LogP contribution in [0.15, 0.2) is 0 Å². The molecule has 2 N–H and O–H groups in total. The van der Waals surface area contributed by atoms with Crippen LogP contribution in [0.5, 0.6) is 0 Å². The molecular formula is C10H18N2O. The van der Waals surface area contributed by atoms with Crippen molar-refractivity contribution < 1.29 is 4.79 Å². The molecule has 0 saturated heterocycles. The molecule has 0 fully saturated rings. The molecule has 1 unspecified atom stereocenters. The highest BCUT2D eigenvalue weighted by Gasteiger charge is 2.20. The maximum Gasteiger partial charge on any atom is 0.240 e. The van der Waals surface area contributed by atoms with Gasteiger partial charge >= 0.3 is 0 Å². The van der Waals surface area contributed by atoms with Gasteiger partial charge in [0.15, 0.2) is 0 Å². The summed E-state index contributed by atoms with van der Waals surface area (Å²) in [6.07, 6.45) is 5.39. The number of rotatable bonds is 4. The van der Waals surface area contributed by atoms with Crippen molar-refractivity contribution in [3.05, 3.63) is 0 Å². The average molecular weight is 182 g/mol. The van der Waals surface area contributed by atoms with E-state index in [0.717, 1.165) is 0 Å². The molecule has 0 bridgehead atoms. The molecule has 0 spiro atoms. The third-order valence-electron chi connectivity index (χ3n) is 1.90. The van der Waals surface area contributed by atoms with E-state index < -0.39 is 6.04 Å². The summed E-state index contributed by atoms with van der Waals surface area (Å²) >= 11 is 0. The molecule has 0 rings (SSSR count). The van der Waals surface area contributed by atoms with Gasteiger partial charge in [0.05, 0.1) is 6.04 Å². The molecule has 0 radical (unpaired) electrons. The smallest absolute Gasteiger partial charge is 0.240 e. The van der Waals surface area contributed by atoms with Crippen LogP contribution in [0.1, 0.15) is 27.2 Å². The van der Waals surface area contributed by atoms with Gasteiger partial charge in [0.2, 0.25) is 5.91 Å². The second-order valence-electron chi connectivity index (χ2n) is 3.23. The average Bonchev–Trinajstić information content (AvgIpc) is 2.05. The quantitative estimate of drug-likeness (QED) is 0.647. The normalized spacial score (nSPS) is 12.3. The van der Waals surface area contributed by atoms with E-state index in [-0.39, 0.29) is 11.9 Å². The molecule has 0 aromatic rings. The molecule has 1 atom stereocenters. The van der Waals surface area contributed by atoms with Crippen molar-refractivity contribution in [1.29, 1.82) is 0 Å². The van der Waals surface area contributed by atoms with Crippen molar-refractivity contribution in [3.63, 3.8) is 0 Å². The lowest BCUT2D eigenvalue weighted by molar-refractivity contribution is -0.133. The molecule has 74 valence electrons. The summed E-state index contributed by atoms with van der Waals surface area (Å²) in [5, 5.41) is 0. The van der Waals surface area contributed by atoms with Crippen LogP contribution in [-0.2, 0) is 4.79 Å². The molecule has 1 amide bonds. The Morgan fingerprint density at radius 1 is 1.62 bits per heavy atom. The van der Waals surface area contributed by atoms with Crippen LogP contribution in [0.2, 0.25) is 0 Å². The zero-order chi connectivity index (χ0) is 10.4. The number of likely N-dealkylation sites (N-methyl/N-ethyl adjacent to an activating group) is 1. The number of hydrogen-bond donors (Lipinski definition) is 1. The van der Waals surface area contributed by atoms with E-state index in [1.807, 2.05) is 20.8 Å². The van der Waals surface area contributed by atoms with Crippen molar-refractivity contribution in [2.45, 2.75) is 39.3 Å². The van der Waals surface area contributed by atoms with Gasteiger partial charge in [0.25, 0.3) is 0 Å². The van der Waals surface area contributed by atoms with Crippen LogP contribution >= 0.6 is 0 Å². The minimum Gasteiger partial charge on any atom is -0.339 e. The molecule has 13 heavy (non-hydrogen) atoms. The molecule has 0 aliphatic carbocycles. The number of hydrogen-bond acceptors (Lipinski definition) is 2. The van der Waals surface area contributed by atoms with Crippen molar-refractivity contribution >= 4 is 5.91 Å². The van der Waals surface area contributed by atoms with Crippen LogP contribution < -0.4 is 5.73 Å². The summed E-state index contributed by atoms with van der Waals surface area (Å²) in [7, 11) is 0. The van der Waals surface area contributed by atoms with E-state index in [1.54, 1.807) is 4.90 Å². The van der Waals surface area contributed by atoms with Crippen LogP contribution in [0.25, 0.3) is 0 Å². The minimum absolute atomic E-state index is 0.0598. The van der Waals surface area contributed by atoms with Gasteiger partial charge < -0.3 is 10.6 Å². The fourth-order valence-corrected chi connectivity index (χ4v) is 1.20. The first-order chi connectivity index (χ1) is 6.04. The van der Waals surface area contributed by atoms with Gasteiger partial charge in [-0.25, -0.2) is 0 Å². The first-order valence-electron chi connectivity index (χ1n) is 4.54. The molecule has 3 heteroatoms. The summed E-state index contributed by atoms with van der Waals surface area (Å²) in [6.45, 7) is 6.53. The summed E-state index contributed by atoms with van der Waals surface area (Å²) in [5.41, 5.74) is 5.61. The molecule has 0 saturated carbocycles. The van der Waals surface area contributed by atoms with Gasteiger partial charge in [-0.3, -0.25) is 4.79 Å². The van der Waals surface area contributed by atoms with Gasteiger partial charge in [-0.2, -0.15) is 0 Å². The first-order valence-corrected chi connectivity index (χ1v) is 4.54. The molecule has 0 aromatic carbocycles. The minimum atomic E-state index is -0.549. The van der Waals surface area contributed by atoms with Crippen LogP contribution in [0.3, 0.4) is 0 Å². The zero-order valence-electron chi connectivity index (χ0n) is 8.58. The Bertz CT molecular complexity index is 205. The van der Waals surface area contributed by atoms with Crippen LogP contribution in [0.4, 0.5) is 0 Å². The number of nitrogens with zero attached hydrogens (tertiary/aromatic N) is 1. The van der Waals surface area contributed by atoms with Crippen LogP contribution in [-0.4, -0.2) is 29.4 Å². The monoisotopic (exact) mass is 182 g/mol. The lowest BCUT2D eigenvalue weighted by Gasteiger charge is -2.27. The second-order valence-corrected chi connectivity index (χ2v) is 3.23. The maximum absolute atomic E-state index is 11.6. The number of carbonyl (C=O) groups is 1. The van der Waals surface area contributed by atoms with Crippen LogP contribution in [0, 0.1) is 12.3 Å². The standard InChI is InChI=1S/C10H18N2O/c1-5-7-9(11)10(13)12(6-2)8(3)4/h1,8-9H,6-7,11H2,2-4H3. The second kappa shape index (κ2) is 5.60. The summed E-state index contributed by atoms with van der Waals surface area (Å²) in [5.74, 6) is 2.33. The molecule has 0 heterocycles. The third-order valence-corrected chi connectivity index (χ3v) is 1.90. The number of carbonyl (C=O) groups excluding carboxylic acids is 1. The Kier molecular flexibility index (Phi) is 5.17. The predicted molar refractivity (Wildman–Crippen MR) is 53.9 cm³/mol. The van der Waals surface area contributed by atoms with E-state index >= 15 is 0 Å². The van der Waals surface area contributed by atoms with Gasteiger partial charge in [-0.05, 0) is 20.8 Å². The number of terminal acetylenes is 1. The first kappa shape index (κ1) is 12.0. The lowest BCUT2D eigenvalue weighted by atomic mass is 10.2. The molecular weight excluding hydrogens is 164 g/mol. The van der Waals surface area contributed by atoms with E-state index in [0.29, 0.717) is 13.0 Å². The largest absolute Gasteiger partial charge is 0.339 e. The van der Waals surface area contributed by atoms with E-state index in [1.165, 1.54) is 0 Å². The topological polar surface area (TPSA) is 46.3 Å². The van der Waals surface area contributed by atoms with E-state index in [9.17, 15) is 4.79 Å². The van der Waals surface area contributed by atoms with E-state index in [2.05, 4.69) is 5.92 Å². The Morgan fingerprint density at radius 2 is 2.15 bits per heavy atom. The molecule has 3 nitrogen and oxygen atoms in total. The van der Waals surface area contributed by atoms with Gasteiger partial charge in [-0.1, -0.05) is 0 Å². The van der Waals surface area contributed by atoms with Crippen molar-refractivity contribution in [3.8, 4) is 12.3 Å². The maximum atomic E-state index is 11.6. The highest BCUT2D eigenvalue weighted by molar-refractivity contribution is 5.82. The van der Waals surface area contributed by atoms with Crippen molar-refractivity contribution in [2.24, 2.45) is 5.73 Å². The Hall–Kier alpha value is -1.01. The van der Waals surface area contributed by atoms with Crippen molar-refractivity contribution in [1.82, 2.24) is 4.90 Å². The van der Waals surface area contributed by atoms with Gasteiger partial charge in [-0.15, -0.1) is 12.3 Å². The SMILES string of the molecule is C#CCC(N)C(=O)N(CC)C(C)C. The van der Waals surface area contributed by atoms with Crippen molar-refractivity contribution in [2.75, 3.05) is 6.54 Å². The van der Waals surface area contributed by atoms with Gasteiger partial charge in [0.1, 0.15) is 0 Å². The fourth-order valence-electron chi connectivity index (χ4n) is 1.20. The number of amides is 1. The Labute approximate surface area is 80.3 Å². The molecule has 0 aliphatic rings. The highest BCUT2D eigenvalue weighted by Crippen LogP contribution is 2.02. The predicted octanol–water partition coefficient (Wildman–Crippen LogP) is 0.594. The lowest BCUT2D eigenvalue weighted by Crippen LogP contribution is -2.46. The summed E-state index contributed by atoms with van der Waals surface area (Å²) < 4.78 is 0. The Morgan fingerprint density at radius 3 is 2.46 bits per heavy atom. The number of nitrogens with two attached hydrogens (primary N) is 1. The molecule has 0 aromatic heterocycles. The Balaban J connectivity index is 4.30. The molecule has 0 aliphatic heterocycles. The fraction of sp³-hybridized carbons (Fsp3) is 0.700. The summed E-state index contributed by atoms with van der Waals surface area (Å²) in [4.78, 5) is 13.3. The van der Waals surface area contributed by atoms with E-state index in [4.69, 9.17) is 12.2 Å². The highest BCUT2D eigenvalue weighted by atomic mass is 16.2. The van der Waals surface area contributed by atoms with Gasteiger partial charge in [0, 0.05) is 19.0 Å². The zero-order valence-corrected chi connectivity index (χ0v) is 8.58.